The highest BCUT2D eigenvalue weighted by Crippen LogP contribution is 2.49. The average Bonchev–Trinajstić information content (AvgIpc) is 3.27. The molecule has 5 nitrogen and oxygen atoms in total. The fourth-order valence-corrected chi connectivity index (χ4v) is 6.50. The van der Waals surface area contributed by atoms with Crippen LogP contribution in [0, 0.1) is 5.92 Å². The molecular weight excluding hydrogens is 493 g/mol. The van der Waals surface area contributed by atoms with Gasteiger partial charge in [-0.3, -0.25) is 4.79 Å². The van der Waals surface area contributed by atoms with Gasteiger partial charge in [0, 0.05) is 18.2 Å². The van der Waals surface area contributed by atoms with E-state index in [1.165, 1.54) is 0 Å². The Morgan fingerprint density at radius 2 is 1.97 bits per heavy atom. The second kappa shape index (κ2) is 10.5. The Morgan fingerprint density at radius 1 is 1.19 bits per heavy atom. The van der Waals surface area contributed by atoms with E-state index in [1.807, 2.05) is 48.5 Å². The molecule has 4 atom stereocenters. The summed E-state index contributed by atoms with van der Waals surface area (Å²) in [7, 11) is 1.59. The number of halogens is 4. The van der Waals surface area contributed by atoms with Gasteiger partial charge in [-0.05, 0) is 36.8 Å². The van der Waals surface area contributed by atoms with Crippen molar-refractivity contribution in [1.82, 2.24) is 4.90 Å². The minimum atomic E-state index is -4.33. The van der Waals surface area contributed by atoms with Crippen LogP contribution in [0.15, 0.2) is 48.5 Å². The predicted octanol–water partition coefficient (Wildman–Crippen LogP) is 0.640. The Bertz CT molecular complexity index is 1070. The van der Waals surface area contributed by atoms with E-state index in [9.17, 15) is 18.0 Å². The van der Waals surface area contributed by atoms with Crippen molar-refractivity contribution < 1.29 is 45.2 Å². The lowest BCUT2D eigenvalue weighted by Gasteiger charge is -2.44. The number of rotatable bonds is 4. The lowest BCUT2D eigenvalue weighted by molar-refractivity contribution is -0.640. The van der Waals surface area contributed by atoms with Gasteiger partial charge in [-0.2, -0.15) is 13.2 Å². The van der Waals surface area contributed by atoms with E-state index in [0.29, 0.717) is 57.0 Å². The van der Waals surface area contributed by atoms with Crippen LogP contribution in [-0.2, 0) is 10.2 Å². The summed E-state index contributed by atoms with van der Waals surface area (Å²) in [5, 5.41) is 2.12. The first kappa shape index (κ1) is 26.6. The maximum Gasteiger partial charge on any atom is 0.391 e. The molecular formula is C27H32ClF3N2O3. The van der Waals surface area contributed by atoms with E-state index in [4.69, 9.17) is 9.47 Å². The molecule has 1 amide bonds. The van der Waals surface area contributed by atoms with Crippen molar-refractivity contribution in [2.45, 2.75) is 49.2 Å². The number of alkyl halides is 3. The molecule has 1 spiro atoms. The summed E-state index contributed by atoms with van der Waals surface area (Å²) in [6, 6.07) is 14.5. The highest BCUT2D eigenvalue weighted by atomic mass is 35.5. The number of methoxy groups -OCH3 is 1. The molecule has 2 aromatic rings. The quantitative estimate of drug-likeness (QED) is 0.639. The number of nitrogens with zero attached hydrogens (tertiary/aromatic N) is 1. The van der Waals surface area contributed by atoms with Crippen LogP contribution in [0.5, 0.6) is 11.5 Å². The van der Waals surface area contributed by atoms with Crippen LogP contribution in [0.25, 0.3) is 0 Å². The predicted molar refractivity (Wildman–Crippen MR) is 125 cm³/mol. The number of fused-ring (bicyclic) bond motifs is 2. The first-order valence-corrected chi connectivity index (χ1v) is 12.4. The van der Waals surface area contributed by atoms with E-state index in [1.54, 1.807) is 12.0 Å². The Hall–Kier alpha value is -2.45. The van der Waals surface area contributed by atoms with Crippen molar-refractivity contribution in [3.8, 4) is 11.5 Å². The van der Waals surface area contributed by atoms with Crippen LogP contribution < -0.4 is 27.2 Å². The summed E-state index contributed by atoms with van der Waals surface area (Å²) in [5.41, 5.74) is 1.50. The van der Waals surface area contributed by atoms with E-state index < -0.39 is 30.0 Å². The van der Waals surface area contributed by atoms with Gasteiger partial charge in [0.05, 0.1) is 38.6 Å². The Balaban J connectivity index is 0.00000304. The van der Waals surface area contributed by atoms with Gasteiger partial charge >= 0.3 is 6.18 Å². The van der Waals surface area contributed by atoms with Crippen molar-refractivity contribution in [3.05, 3.63) is 59.7 Å². The van der Waals surface area contributed by atoms with Gasteiger partial charge < -0.3 is 32.1 Å². The van der Waals surface area contributed by atoms with Gasteiger partial charge in [0.15, 0.2) is 11.5 Å². The number of hydrogen-bond donors (Lipinski definition) is 1. The number of ether oxygens (including phenoxy) is 2. The summed E-state index contributed by atoms with van der Waals surface area (Å²) in [4.78, 5) is 15.6. The summed E-state index contributed by atoms with van der Waals surface area (Å²) in [6.45, 7) is 2.06. The number of benzene rings is 2. The number of quaternary nitrogens is 1. The van der Waals surface area contributed by atoms with Gasteiger partial charge in [-0.25, -0.2) is 0 Å². The van der Waals surface area contributed by atoms with Crippen molar-refractivity contribution in [1.29, 1.82) is 0 Å². The second-order valence-electron chi connectivity index (χ2n) is 10.0. The zero-order valence-corrected chi connectivity index (χ0v) is 21.0. The normalized spacial score (nSPS) is 27.7. The maximum atomic E-state index is 14.0. The SMILES string of the molecule is COc1cccc2c1OCC[C@]21C[NH2+]C[C@H]1C(=O)N1CC[C@@H](c2ccccc2)C[C@H]1CC(F)(F)F.[Cl-]. The number of carbonyl (C=O) groups is 1. The molecule has 3 heterocycles. The van der Waals surface area contributed by atoms with Gasteiger partial charge in [0.2, 0.25) is 5.91 Å². The first-order chi connectivity index (χ1) is 16.8. The monoisotopic (exact) mass is 524 g/mol. The number of likely N-dealkylation sites (tertiary alicyclic amines) is 1. The third kappa shape index (κ3) is 4.90. The van der Waals surface area contributed by atoms with E-state index in [-0.39, 0.29) is 24.2 Å². The molecule has 2 N–H and O–H groups in total. The molecule has 9 heteroatoms. The summed E-state index contributed by atoms with van der Waals surface area (Å²) in [5.74, 6) is 0.739. The van der Waals surface area contributed by atoms with E-state index in [0.717, 1.165) is 11.1 Å². The van der Waals surface area contributed by atoms with Crippen molar-refractivity contribution in [3.63, 3.8) is 0 Å². The average molecular weight is 525 g/mol. The lowest BCUT2D eigenvalue weighted by atomic mass is 9.68. The van der Waals surface area contributed by atoms with Crippen LogP contribution >= 0.6 is 0 Å². The fourth-order valence-electron chi connectivity index (χ4n) is 6.50. The van der Waals surface area contributed by atoms with Crippen LogP contribution in [0.2, 0.25) is 0 Å². The summed E-state index contributed by atoms with van der Waals surface area (Å²) in [6.07, 6.45) is -3.66. The van der Waals surface area contributed by atoms with Gasteiger partial charge in [-0.1, -0.05) is 42.5 Å². The van der Waals surface area contributed by atoms with E-state index in [2.05, 4.69) is 5.32 Å². The molecule has 0 bridgehead atoms. The largest absolute Gasteiger partial charge is 1.00 e. The van der Waals surface area contributed by atoms with Gasteiger partial charge in [-0.15, -0.1) is 0 Å². The number of hydrogen-bond acceptors (Lipinski definition) is 3. The summed E-state index contributed by atoms with van der Waals surface area (Å²) >= 11 is 0. The fraction of sp³-hybridized carbons (Fsp3) is 0.519. The topological polar surface area (TPSA) is 55.4 Å². The molecule has 3 aliphatic heterocycles. The third-order valence-corrected chi connectivity index (χ3v) is 8.14. The molecule has 2 fully saturated rings. The number of piperidine rings is 1. The molecule has 0 aromatic heterocycles. The minimum Gasteiger partial charge on any atom is -1.00 e. The smallest absolute Gasteiger partial charge is 0.391 e. The Kier molecular flexibility index (Phi) is 7.76. The molecule has 0 radical (unpaired) electrons. The molecule has 2 saturated heterocycles. The van der Waals surface area contributed by atoms with Crippen LogP contribution in [0.3, 0.4) is 0 Å². The van der Waals surface area contributed by atoms with Gasteiger partial charge in [0.25, 0.3) is 0 Å². The number of carbonyl (C=O) groups excluding carboxylic acids is 1. The zero-order chi connectivity index (χ0) is 24.6. The maximum absolute atomic E-state index is 14.0. The summed E-state index contributed by atoms with van der Waals surface area (Å²) < 4.78 is 52.4. The highest BCUT2D eigenvalue weighted by Gasteiger charge is 2.56. The standard InChI is InChI=1S/C27H31F3N2O3.ClH/c1-34-23-9-5-8-21-24(23)35-13-11-26(21)17-31-16-22(26)25(33)32-12-10-19(18-6-3-2-4-7-18)14-20(32)15-27(28,29)30;/h2-9,19-20,22,31H,10-17H2,1H3;1H/t19-,20+,22+,26+;/m1./s1. The molecule has 5 rings (SSSR count). The molecule has 0 aliphatic carbocycles. The second-order valence-corrected chi connectivity index (χ2v) is 10.0. The van der Waals surface area contributed by atoms with Crippen LogP contribution in [-0.4, -0.2) is 56.4 Å². The number of para-hydroxylation sites is 1. The number of amides is 1. The van der Waals surface area contributed by atoms with E-state index >= 15 is 0 Å². The van der Waals surface area contributed by atoms with Gasteiger partial charge in [0.1, 0.15) is 5.92 Å². The van der Waals surface area contributed by atoms with Crippen LogP contribution in [0.1, 0.15) is 42.7 Å². The third-order valence-electron chi connectivity index (χ3n) is 8.14. The minimum absolute atomic E-state index is 0. The van der Waals surface area contributed by atoms with Crippen LogP contribution in [0.4, 0.5) is 13.2 Å². The van der Waals surface area contributed by atoms with Crippen molar-refractivity contribution in [2.24, 2.45) is 5.92 Å². The molecule has 0 unspecified atom stereocenters. The first-order valence-electron chi connectivity index (χ1n) is 12.4. The molecule has 2 aromatic carbocycles. The Labute approximate surface area is 215 Å². The number of nitrogens with two attached hydrogens (primary N) is 1. The van der Waals surface area contributed by atoms with Crippen molar-refractivity contribution in [2.75, 3.05) is 33.4 Å². The molecule has 196 valence electrons. The lowest BCUT2D eigenvalue weighted by Crippen LogP contribution is -3.00. The molecule has 3 aliphatic rings. The van der Waals surface area contributed by atoms with Crippen molar-refractivity contribution >= 4 is 5.91 Å². The Morgan fingerprint density at radius 3 is 2.69 bits per heavy atom. The highest BCUT2D eigenvalue weighted by molar-refractivity contribution is 5.82. The molecule has 36 heavy (non-hydrogen) atoms. The molecule has 0 saturated carbocycles. The zero-order valence-electron chi connectivity index (χ0n) is 20.3.